The van der Waals surface area contributed by atoms with Crippen LogP contribution in [0.4, 0.5) is 0 Å². The topological polar surface area (TPSA) is 51.6 Å². The number of benzene rings is 4. The highest BCUT2D eigenvalue weighted by atomic mass is 14.9. The van der Waals surface area contributed by atoms with Crippen LogP contribution >= 0.6 is 0 Å². The third kappa shape index (κ3) is 3.98. The second kappa shape index (κ2) is 9.34. The number of rotatable bonds is 4. The third-order valence-electron chi connectivity index (χ3n) is 6.69. The molecule has 38 heavy (non-hydrogen) atoms. The molecule has 3 aromatic heterocycles. The van der Waals surface area contributed by atoms with E-state index in [4.69, 9.17) is 19.9 Å². The summed E-state index contributed by atoms with van der Waals surface area (Å²) in [4.78, 5) is 20.0. The number of fused-ring (bicyclic) bond motifs is 3. The summed E-state index contributed by atoms with van der Waals surface area (Å²) in [6.07, 6.45) is 0. The standard InChI is InChI=1S/C34H22N4/c1-3-12-23(13-4-1)31-22-32(38-34(37-31)24-14-5-2-6-15-24)29-20-11-21-30(35-29)33-27-18-8-7-16-25(27)26-17-9-10-19-28(26)36-33/h1-22H. The van der Waals surface area contributed by atoms with E-state index < -0.39 is 0 Å². The zero-order valence-corrected chi connectivity index (χ0v) is 20.5. The van der Waals surface area contributed by atoms with E-state index in [1.807, 2.05) is 78.9 Å². The van der Waals surface area contributed by atoms with Crippen molar-refractivity contribution < 1.29 is 0 Å². The minimum Gasteiger partial charge on any atom is -0.245 e. The van der Waals surface area contributed by atoms with E-state index in [9.17, 15) is 0 Å². The van der Waals surface area contributed by atoms with Crippen molar-refractivity contribution in [3.63, 3.8) is 0 Å². The first-order valence-electron chi connectivity index (χ1n) is 12.6. The normalized spacial score (nSPS) is 11.2. The summed E-state index contributed by atoms with van der Waals surface area (Å²) in [5, 5.41) is 3.38. The van der Waals surface area contributed by atoms with E-state index in [0.29, 0.717) is 5.82 Å². The van der Waals surface area contributed by atoms with Crippen molar-refractivity contribution in [3.05, 3.63) is 133 Å². The lowest BCUT2D eigenvalue weighted by atomic mass is 10.0. The van der Waals surface area contributed by atoms with E-state index in [-0.39, 0.29) is 0 Å². The van der Waals surface area contributed by atoms with Gasteiger partial charge >= 0.3 is 0 Å². The molecule has 7 aromatic rings. The molecule has 0 aliphatic rings. The Hall–Kier alpha value is -5.22. The van der Waals surface area contributed by atoms with Gasteiger partial charge in [0, 0.05) is 21.9 Å². The lowest BCUT2D eigenvalue weighted by Crippen LogP contribution is -1.98. The van der Waals surface area contributed by atoms with Gasteiger partial charge in [0.05, 0.1) is 34.0 Å². The fourth-order valence-corrected chi connectivity index (χ4v) is 4.86. The van der Waals surface area contributed by atoms with E-state index in [2.05, 4.69) is 54.6 Å². The summed E-state index contributed by atoms with van der Waals surface area (Å²) in [6, 6.07) is 44.9. The molecule has 3 heterocycles. The minimum atomic E-state index is 0.670. The molecule has 4 aromatic carbocycles. The number of pyridine rings is 2. The Balaban J connectivity index is 1.42. The number of hydrogen-bond donors (Lipinski definition) is 0. The number of nitrogens with zero attached hydrogens (tertiary/aromatic N) is 4. The maximum atomic E-state index is 5.09. The number of para-hydroxylation sites is 1. The maximum absolute atomic E-state index is 5.09. The molecular formula is C34H22N4. The predicted molar refractivity (Wildman–Crippen MR) is 154 cm³/mol. The van der Waals surface area contributed by atoms with Gasteiger partial charge in [-0.3, -0.25) is 0 Å². The Kier molecular flexibility index (Phi) is 5.41. The molecule has 0 amide bonds. The Morgan fingerprint density at radius 1 is 0.342 bits per heavy atom. The van der Waals surface area contributed by atoms with Crippen molar-refractivity contribution in [3.8, 4) is 45.4 Å². The summed E-state index contributed by atoms with van der Waals surface area (Å²) in [5.41, 5.74) is 7.02. The summed E-state index contributed by atoms with van der Waals surface area (Å²) in [5.74, 6) is 0.670. The first-order chi connectivity index (χ1) is 18.8. The van der Waals surface area contributed by atoms with Crippen molar-refractivity contribution in [2.75, 3.05) is 0 Å². The Morgan fingerprint density at radius 2 is 0.947 bits per heavy atom. The van der Waals surface area contributed by atoms with Gasteiger partial charge in [0.25, 0.3) is 0 Å². The van der Waals surface area contributed by atoms with E-state index in [1.165, 1.54) is 5.39 Å². The molecule has 4 nitrogen and oxygen atoms in total. The fraction of sp³-hybridized carbons (Fsp3) is 0. The Labute approximate surface area is 220 Å². The number of hydrogen-bond acceptors (Lipinski definition) is 4. The van der Waals surface area contributed by atoms with Gasteiger partial charge in [-0.25, -0.2) is 19.9 Å². The van der Waals surface area contributed by atoms with Gasteiger partial charge in [0.15, 0.2) is 5.82 Å². The second-order valence-electron chi connectivity index (χ2n) is 9.13. The molecule has 0 N–H and O–H groups in total. The lowest BCUT2D eigenvalue weighted by molar-refractivity contribution is 1.16. The van der Waals surface area contributed by atoms with Gasteiger partial charge in [-0.1, -0.05) is 109 Å². The Morgan fingerprint density at radius 3 is 1.74 bits per heavy atom. The monoisotopic (exact) mass is 486 g/mol. The van der Waals surface area contributed by atoms with Gasteiger partial charge in [-0.15, -0.1) is 0 Å². The molecule has 0 saturated heterocycles. The molecule has 4 heteroatoms. The van der Waals surface area contributed by atoms with Crippen LogP contribution in [0.5, 0.6) is 0 Å². The van der Waals surface area contributed by atoms with Crippen molar-refractivity contribution in [1.29, 1.82) is 0 Å². The predicted octanol–water partition coefficient (Wildman–Crippen LogP) is 8.24. The lowest BCUT2D eigenvalue weighted by Gasteiger charge is -2.11. The molecule has 0 unspecified atom stereocenters. The molecule has 0 saturated carbocycles. The highest BCUT2D eigenvalue weighted by Crippen LogP contribution is 2.33. The van der Waals surface area contributed by atoms with Crippen LogP contribution in [0.2, 0.25) is 0 Å². The Bertz CT molecular complexity index is 1860. The van der Waals surface area contributed by atoms with Crippen LogP contribution in [0.25, 0.3) is 67.1 Å². The molecule has 0 spiro atoms. The van der Waals surface area contributed by atoms with Crippen LogP contribution in [0.3, 0.4) is 0 Å². The van der Waals surface area contributed by atoms with Crippen LogP contribution in [-0.4, -0.2) is 19.9 Å². The second-order valence-corrected chi connectivity index (χ2v) is 9.13. The molecular weight excluding hydrogens is 464 g/mol. The van der Waals surface area contributed by atoms with Crippen molar-refractivity contribution in [1.82, 2.24) is 19.9 Å². The largest absolute Gasteiger partial charge is 0.245 e. The molecule has 0 radical (unpaired) electrons. The summed E-state index contributed by atoms with van der Waals surface area (Å²) >= 11 is 0. The van der Waals surface area contributed by atoms with Gasteiger partial charge in [0.1, 0.15) is 0 Å². The van der Waals surface area contributed by atoms with Gasteiger partial charge < -0.3 is 0 Å². The molecule has 0 aliphatic heterocycles. The molecule has 0 fully saturated rings. The van der Waals surface area contributed by atoms with Crippen LogP contribution in [0.1, 0.15) is 0 Å². The zero-order chi connectivity index (χ0) is 25.3. The van der Waals surface area contributed by atoms with Crippen LogP contribution in [0, 0.1) is 0 Å². The average Bonchev–Trinajstić information content (AvgIpc) is 3.01. The summed E-state index contributed by atoms with van der Waals surface area (Å²) in [6.45, 7) is 0. The van der Waals surface area contributed by atoms with Crippen molar-refractivity contribution in [2.45, 2.75) is 0 Å². The fourth-order valence-electron chi connectivity index (χ4n) is 4.86. The van der Waals surface area contributed by atoms with Crippen LogP contribution in [0.15, 0.2) is 133 Å². The van der Waals surface area contributed by atoms with E-state index in [1.54, 1.807) is 0 Å². The quantitative estimate of drug-likeness (QED) is 0.235. The highest BCUT2D eigenvalue weighted by molar-refractivity contribution is 6.10. The first-order valence-corrected chi connectivity index (χ1v) is 12.6. The third-order valence-corrected chi connectivity index (χ3v) is 6.69. The average molecular weight is 487 g/mol. The van der Waals surface area contributed by atoms with Crippen LogP contribution in [-0.2, 0) is 0 Å². The molecule has 7 rings (SSSR count). The van der Waals surface area contributed by atoms with Gasteiger partial charge in [-0.05, 0) is 29.7 Å². The minimum absolute atomic E-state index is 0.670. The molecule has 0 atom stereocenters. The molecule has 178 valence electrons. The van der Waals surface area contributed by atoms with Crippen LogP contribution < -0.4 is 0 Å². The number of aromatic nitrogens is 4. The first kappa shape index (κ1) is 22.0. The van der Waals surface area contributed by atoms with Gasteiger partial charge in [0.2, 0.25) is 0 Å². The van der Waals surface area contributed by atoms with Crippen molar-refractivity contribution in [2.24, 2.45) is 0 Å². The van der Waals surface area contributed by atoms with Gasteiger partial charge in [-0.2, -0.15) is 0 Å². The van der Waals surface area contributed by atoms with Crippen molar-refractivity contribution >= 4 is 21.7 Å². The summed E-state index contributed by atoms with van der Waals surface area (Å²) in [7, 11) is 0. The maximum Gasteiger partial charge on any atom is 0.160 e. The smallest absolute Gasteiger partial charge is 0.160 e. The zero-order valence-electron chi connectivity index (χ0n) is 20.5. The van der Waals surface area contributed by atoms with E-state index >= 15 is 0 Å². The summed E-state index contributed by atoms with van der Waals surface area (Å²) < 4.78 is 0. The molecule has 0 aliphatic carbocycles. The molecule has 0 bridgehead atoms. The highest BCUT2D eigenvalue weighted by Gasteiger charge is 2.15. The van der Waals surface area contributed by atoms with E-state index in [0.717, 1.165) is 55.9 Å². The SMILES string of the molecule is c1ccc(-c2cc(-c3cccc(-c4nc5ccccc5c5ccccc45)n3)nc(-c3ccccc3)n2)cc1.